The largest absolute Gasteiger partial charge is 0.497 e. The topological polar surface area (TPSA) is 18.5 Å². The molecule has 4 rings (SSSR count). The van der Waals surface area contributed by atoms with Crippen LogP contribution in [0.4, 0.5) is 0 Å². The summed E-state index contributed by atoms with van der Waals surface area (Å²) in [5.41, 5.74) is 2.78. The van der Waals surface area contributed by atoms with Gasteiger partial charge in [-0.05, 0) is 83.1 Å². The average Bonchev–Trinajstić information content (AvgIpc) is 2.73. The summed E-state index contributed by atoms with van der Waals surface area (Å²) in [4.78, 5) is 0. The molecule has 0 saturated heterocycles. The highest BCUT2D eigenvalue weighted by Gasteiger charge is 2.02. The van der Waals surface area contributed by atoms with Gasteiger partial charge in [-0.1, -0.05) is 48.5 Å². The van der Waals surface area contributed by atoms with Gasteiger partial charge in [0.25, 0.3) is 0 Å². The van der Waals surface area contributed by atoms with Crippen molar-refractivity contribution in [1.82, 2.24) is 0 Å². The van der Waals surface area contributed by atoms with Gasteiger partial charge in [0, 0.05) is 0 Å². The van der Waals surface area contributed by atoms with E-state index >= 15 is 0 Å². The van der Waals surface area contributed by atoms with E-state index in [0.717, 1.165) is 30.8 Å². The fraction of sp³-hybridized carbons (Fsp3) is 0.231. The number of benzene rings is 4. The van der Waals surface area contributed by atoms with Gasteiger partial charge in [-0.2, -0.15) is 0 Å². The van der Waals surface area contributed by atoms with E-state index in [0.29, 0.717) is 6.61 Å². The molecule has 0 aliphatic rings. The Kier molecular flexibility index (Phi) is 5.48. The molecule has 28 heavy (non-hydrogen) atoms. The Balaban J connectivity index is 1.41. The highest BCUT2D eigenvalue weighted by Crippen LogP contribution is 2.24. The molecule has 0 spiro atoms. The lowest BCUT2D eigenvalue weighted by Crippen LogP contribution is -1.92. The first-order valence-corrected chi connectivity index (χ1v) is 9.97. The maximum atomic E-state index is 5.59. The molecule has 0 atom stereocenters. The molecule has 0 amide bonds. The highest BCUT2D eigenvalue weighted by atomic mass is 16.5. The van der Waals surface area contributed by atoms with Crippen molar-refractivity contribution in [2.45, 2.75) is 26.2 Å². The molecule has 0 unspecified atom stereocenters. The van der Waals surface area contributed by atoms with Gasteiger partial charge in [0.15, 0.2) is 0 Å². The van der Waals surface area contributed by atoms with E-state index in [2.05, 4.69) is 66.7 Å². The number of hydrogen-bond donors (Lipinski definition) is 0. The van der Waals surface area contributed by atoms with Crippen molar-refractivity contribution >= 4 is 21.5 Å². The summed E-state index contributed by atoms with van der Waals surface area (Å²) in [5, 5.41) is 5.01. The van der Waals surface area contributed by atoms with Crippen LogP contribution in [0.15, 0.2) is 72.8 Å². The molecule has 0 aliphatic heterocycles. The zero-order chi connectivity index (χ0) is 19.3. The minimum Gasteiger partial charge on any atom is -0.497 e. The smallest absolute Gasteiger partial charge is 0.119 e. The Morgan fingerprint density at radius 1 is 0.607 bits per heavy atom. The molecule has 0 aliphatic carbocycles. The minimum atomic E-state index is 0.700. The van der Waals surface area contributed by atoms with Gasteiger partial charge in [0.1, 0.15) is 11.5 Å². The van der Waals surface area contributed by atoms with Gasteiger partial charge >= 0.3 is 0 Å². The Morgan fingerprint density at radius 2 is 1.11 bits per heavy atom. The van der Waals surface area contributed by atoms with Crippen molar-refractivity contribution in [2.75, 3.05) is 13.7 Å². The van der Waals surface area contributed by atoms with Crippen LogP contribution in [0.2, 0.25) is 0 Å². The predicted octanol–water partition coefficient (Wildman–Crippen LogP) is 6.58. The number of hydrogen-bond acceptors (Lipinski definition) is 2. The number of ether oxygens (including phenoxy) is 2. The van der Waals surface area contributed by atoms with Crippen LogP contribution >= 0.6 is 0 Å². The third-order valence-corrected chi connectivity index (χ3v) is 5.23. The van der Waals surface area contributed by atoms with Gasteiger partial charge in [0.2, 0.25) is 0 Å². The van der Waals surface area contributed by atoms with Crippen LogP contribution in [-0.2, 0) is 12.8 Å². The second-order valence-electron chi connectivity index (χ2n) is 7.18. The van der Waals surface area contributed by atoms with Crippen molar-refractivity contribution in [2.24, 2.45) is 0 Å². The summed E-state index contributed by atoms with van der Waals surface area (Å²) in [7, 11) is 1.71. The van der Waals surface area contributed by atoms with Crippen molar-refractivity contribution in [3.63, 3.8) is 0 Å². The van der Waals surface area contributed by atoms with Gasteiger partial charge in [-0.15, -0.1) is 0 Å². The second kappa shape index (κ2) is 8.35. The van der Waals surface area contributed by atoms with Crippen molar-refractivity contribution in [1.29, 1.82) is 0 Å². The highest BCUT2D eigenvalue weighted by molar-refractivity contribution is 5.85. The molecule has 0 radical (unpaired) electrons. The van der Waals surface area contributed by atoms with E-state index in [1.54, 1.807) is 7.11 Å². The first kappa shape index (κ1) is 18.4. The average molecular weight is 370 g/mol. The zero-order valence-corrected chi connectivity index (χ0v) is 16.6. The molecule has 2 heteroatoms. The lowest BCUT2D eigenvalue weighted by Gasteiger charge is -2.08. The number of fused-ring (bicyclic) bond motifs is 2. The molecule has 0 aromatic heterocycles. The van der Waals surface area contributed by atoms with Gasteiger partial charge in [-0.25, -0.2) is 0 Å². The number of rotatable bonds is 7. The maximum absolute atomic E-state index is 5.59. The Labute approximate surface area is 166 Å². The third-order valence-electron chi connectivity index (χ3n) is 5.23. The van der Waals surface area contributed by atoms with E-state index in [-0.39, 0.29) is 0 Å². The maximum Gasteiger partial charge on any atom is 0.119 e. The summed E-state index contributed by atoms with van der Waals surface area (Å²) in [6.07, 6.45) is 3.32. The van der Waals surface area contributed by atoms with Crippen molar-refractivity contribution in [3.8, 4) is 11.5 Å². The molecule has 0 saturated carbocycles. The van der Waals surface area contributed by atoms with E-state index in [1.165, 1.54) is 32.7 Å². The van der Waals surface area contributed by atoms with Crippen molar-refractivity contribution in [3.05, 3.63) is 83.9 Å². The molecular formula is C26H26O2. The first-order valence-electron chi connectivity index (χ1n) is 9.97. The normalized spacial score (nSPS) is 11.1. The van der Waals surface area contributed by atoms with E-state index in [9.17, 15) is 0 Å². The van der Waals surface area contributed by atoms with Crippen LogP contribution in [0.5, 0.6) is 11.5 Å². The first-order chi connectivity index (χ1) is 13.7. The zero-order valence-electron chi connectivity index (χ0n) is 16.6. The Morgan fingerprint density at radius 3 is 1.68 bits per heavy atom. The molecule has 0 N–H and O–H groups in total. The third kappa shape index (κ3) is 4.12. The molecular weight excluding hydrogens is 344 g/mol. The summed E-state index contributed by atoms with van der Waals surface area (Å²) in [6, 6.07) is 26.1. The fourth-order valence-electron chi connectivity index (χ4n) is 3.74. The number of methoxy groups -OCH3 is 1. The van der Waals surface area contributed by atoms with Gasteiger partial charge < -0.3 is 9.47 Å². The Bertz CT molecular complexity index is 1100. The van der Waals surface area contributed by atoms with Gasteiger partial charge in [0.05, 0.1) is 13.7 Å². The molecule has 0 bridgehead atoms. The molecule has 4 aromatic carbocycles. The summed E-state index contributed by atoms with van der Waals surface area (Å²) in [5.74, 6) is 1.85. The van der Waals surface area contributed by atoms with Crippen LogP contribution < -0.4 is 9.47 Å². The van der Waals surface area contributed by atoms with Crippen LogP contribution in [0.3, 0.4) is 0 Å². The van der Waals surface area contributed by atoms with E-state index < -0.39 is 0 Å². The molecule has 142 valence electrons. The summed E-state index contributed by atoms with van der Waals surface area (Å²) in [6.45, 7) is 2.71. The van der Waals surface area contributed by atoms with E-state index in [1.807, 2.05) is 13.0 Å². The lowest BCUT2D eigenvalue weighted by molar-refractivity contribution is 0.341. The van der Waals surface area contributed by atoms with Crippen LogP contribution in [0.1, 0.15) is 24.5 Å². The van der Waals surface area contributed by atoms with Crippen LogP contribution in [-0.4, -0.2) is 13.7 Å². The van der Waals surface area contributed by atoms with Crippen molar-refractivity contribution < 1.29 is 9.47 Å². The summed E-state index contributed by atoms with van der Waals surface area (Å²) >= 11 is 0. The molecule has 0 heterocycles. The predicted molar refractivity (Wildman–Crippen MR) is 118 cm³/mol. The fourth-order valence-corrected chi connectivity index (χ4v) is 3.74. The molecule has 2 nitrogen and oxygen atoms in total. The Hall–Kier alpha value is -3.00. The monoisotopic (exact) mass is 370 g/mol. The minimum absolute atomic E-state index is 0.700. The molecule has 0 fully saturated rings. The van der Waals surface area contributed by atoms with Crippen LogP contribution in [0.25, 0.3) is 21.5 Å². The van der Waals surface area contributed by atoms with E-state index in [4.69, 9.17) is 9.47 Å². The second-order valence-corrected chi connectivity index (χ2v) is 7.18. The van der Waals surface area contributed by atoms with Crippen LogP contribution in [0, 0.1) is 0 Å². The SMILES string of the molecule is CCOc1ccc2cc(CCCc3ccc4cc(OC)ccc4c3)ccc2c1. The number of aryl methyl sites for hydroxylation is 2. The van der Waals surface area contributed by atoms with Gasteiger partial charge in [-0.3, -0.25) is 0 Å². The quantitative estimate of drug-likeness (QED) is 0.366. The molecule has 4 aromatic rings. The lowest BCUT2D eigenvalue weighted by atomic mass is 9.99. The summed E-state index contributed by atoms with van der Waals surface area (Å²) < 4.78 is 10.9. The standard InChI is InChI=1S/C26H26O2/c1-3-28-26-14-12-22-16-20(8-10-24(22)18-26)6-4-5-19-7-9-23-17-25(27-2)13-11-21(23)15-19/h7-18H,3-6H2,1-2H3.